The summed E-state index contributed by atoms with van der Waals surface area (Å²) in [6.07, 6.45) is -0.601. The molecule has 2 aromatic rings. The van der Waals surface area contributed by atoms with E-state index in [4.69, 9.17) is 9.47 Å². The van der Waals surface area contributed by atoms with E-state index < -0.39 is 28.0 Å². The van der Waals surface area contributed by atoms with E-state index in [2.05, 4.69) is 4.98 Å². The summed E-state index contributed by atoms with van der Waals surface area (Å²) in [5.74, 6) is 0. The Morgan fingerprint density at radius 1 is 1.37 bits per heavy atom. The summed E-state index contributed by atoms with van der Waals surface area (Å²) in [7, 11) is -3.35. The van der Waals surface area contributed by atoms with E-state index in [-0.39, 0.29) is 10.9 Å². The van der Waals surface area contributed by atoms with Crippen LogP contribution in [0.5, 0.6) is 0 Å². The molecule has 1 aromatic carbocycles. The second-order valence-corrected chi connectivity index (χ2v) is 10.8. The number of carbonyl (C=O) groups is 1. The predicted octanol–water partition coefficient (Wildman–Crippen LogP) is 5.25. The molecule has 2 N–H and O–H groups in total. The SMILES string of the molecule is CC(C)(C)OC(=O)N1/C(=C/S(O)(O)c2nc3ccccc3s2)COC1(C)C. The Hall–Kier alpha value is -1.65. The number of para-hydroxylation sites is 1. The van der Waals surface area contributed by atoms with Crippen molar-refractivity contribution in [3.63, 3.8) is 0 Å². The molecule has 7 nitrogen and oxygen atoms in total. The summed E-state index contributed by atoms with van der Waals surface area (Å²) in [6.45, 7) is 8.82. The molecule has 1 saturated heterocycles. The van der Waals surface area contributed by atoms with Crippen LogP contribution >= 0.6 is 21.9 Å². The standard InChI is InChI=1S/C18H24N2O5S2/c1-17(2,3)25-16(21)20-12(10-24-18(20,4)5)11-27(22,23)15-19-13-8-6-7-9-14(13)26-15/h6-9,11,22-23H,10H2,1-5H3/b12-11+. The molecule has 9 heteroatoms. The number of carbonyl (C=O) groups excluding carboxylic acids is 1. The van der Waals surface area contributed by atoms with E-state index in [0.717, 1.165) is 4.70 Å². The number of benzene rings is 1. The lowest BCUT2D eigenvalue weighted by atomic mass is 10.2. The third-order valence-electron chi connectivity index (χ3n) is 3.81. The molecule has 0 unspecified atom stereocenters. The normalized spacial score (nSPS) is 19.7. The van der Waals surface area contributed by atoms with E-state index in [1.807, 2.05) is 24.3 Å². The summed E-state index contributed by atoms with van der Waals surface area (Å²) in [6, 6.07) is 7.39. The second kappa shape index (κ2) is 6.75. The lowest BCUT2D eigenvalue weighted by Gasteiger charge is -2.33. The van der Waals surface area contributed by atoms with Gasteiger partial charge >= 0.3 is 6.09 Å². The van der Waals surface area contributed by atoms with Crippen molar-refractivity contribution < 1.29 is 23.4 Å². The van der Waals surface area contributed by atoms with Crippen LogP contribution < -0.4 is 0 Å². The molecule has 0 spiro atoms. The smallest absolute Gasteiger partial charge is 0.417 e. The summed E-state index contributed by atoms with van der Waals surface area (Å²) in [5, 5.41) is 1.27. The van der Waals surface area contributed by atoms with E-state index in [9.17, 15) is 13.9 Å². The Morgan fingerprint density at radius 2 is 2.04 bits per heavy atom. The van der Waals surface area contributed by atoms with Crippen LogP contribution in [-0.2, 0) is 9.47 Å². The van der Waals surface area contributed by atoms with Gasteiger partial charge in [-0.1, -0.05) is 23.5 Å². The van der Waals surface area contributed by atoms with Gasteiger partial charge in [0.05, 0.1) is 27.9 Å². The first-order valence-electron chi connectivity index (χ1n) is 8.41. The maximum atomic E-state index is 12.7. The number of thiazole rings is 1. The summed E-state index contributed by atoms with van der Waals surface area (Å²) in [5.41, 5.74) is -0.607. The largest absolute Gasteiger partial charge is 0.443 e. The zero-order valence-corrected chi connectivity index (χ0v) is 17.6. The van der Waals surface area contributed by atoms with E-state index in [1.165, 1.54) is 21.6 Å². The zero-order valence-electron chi connectivity index (χ0n) is 15.9. The van der Waals surface area contributed by atoms with Crippen LogP contribution in [-0.4, -0.2) is 43.0 Å². The molecule has 0 bridgehead atoms. The van der Waals surface area contributed by atoms with Gasteiger partial charge in [0, 0.05) is 0 Å². The van der Waals surface area contributed by atoms with Gasteiger partial charge in [0.15, 0.2) is 0 Å². The quantitative estimate of drug-likeness (QED) is 0.700. The van der Waals surface area contributed by atoms with Crippen molar-refractivity contribution in [1.82, 2.24) is 9.88 Å². The van der Waals surface area contributed by atoms with Gasteiger partial charge in [-0.3, -0.25) is 9.11 Å². The minimum Gasteiger partial charge on any atom is -0.443 e. The van der Waals surface area contributed by atoms with Gasteiger partial charge in [0.25, 0.3) is 0 Å². The molecule has 1 aliphatic heterocycles. The first-order valence-corrected chi connectivity index (χ1v) is 10.8. The predicted molar refractivity (Wildman–Crippen MR) is 107 cm³/mol. The monoisotopic (exact) mass is 412 g/mol. The first kappa shape index (κ1) is 20.1. The highest BCUT2D eigenvalue weighted by Crippen LogP contribution is 2.54. The van der Waals surface area contributed by atoms with Crippen LogP contribution in [0.25, 0.3) is 10.2 Å². The number of fused-ring (bicyclic) bond motifs is 1. The molecular formula is C18H24N2O5S2. The lowest BCUT2D eigenvalue weighted by Crippen LogP contribution is -2.45. The Labute approximate surface area is 164 Å². The lowest BCUT2D eigenvalue weighted by molar-refractivity contribution is -0.0567. The van der Waals surface area contributed by atoms with Crippen molar-refractivity contribution >= 4 is 38.2 Å². The van der Waals surface area contributed by atoms with Crippen molar-refractivity contribution in [1.29, 1.82) is 0 Å². The first-order chi connectivity index (χ1) is 12.4. The Kier molecular flexibility index (Phi) is 5.02. The van der Waals surface area contributed by atoms with Crippen molar-refractivity contribution in [2.24, 2.45) is 0 Å². The molecule has 0 aliphatic carbocycles. The maximum absolute atomic E-state index is 12.7. The van der Waals surface area contributed by atoms with Crippen molar-refractivity contribution in [2.45, 2.75) is 50.3 Å². The maximum Gasteiger partial charge on any atom is 0.417 e. The fourth-order valence-electron chi connectivity index (χ4n) is 2.68. The molecule has 0 saturated carbocycles. The Bertz CT molecular complexity index is 866. The fourth-order valence-corrected chi connectivity index (χ4v) is 5.16. The van der Waals surface area contributed by atoms with Crippen LogP contribution in [0.4, 0.5) is 4.79 Å². The molecule has 3 rings (SSSR count). The molecule has 2 heterocycles. The summed E-state index contributed by atoms with van der Waals surface area (Å²) < 4.78 is 33.6. The number of aromatic nitrogens is 1. The van der Waals surface area contributed by atoms with E-state index in [0.29, 0.717) is 11.2 Å². The van der Waals surface area contributed by atoms with E-state index in [1.54, 1.807) is 34.6 Å². The average molecular weight is 413 g/mol. The van der Waals surface area contributed by atoms with Crippen molar-refractivity contribution in [3.05, 3.63) is 35.4 Å². The highest BCUT2D eigenvalue weighted by molar-refractivity contribution is 8.28. The van der Waals surface area contributed by atoms with Crippen LogP contribution in [0.15, 0.2) is 39.7 Å². The van der Waals surface area contributed by atoms with Gasteiger partial charge in [0.1, 0.15) is 11.3 Å². The zero-order chi connectivity index (χ0) is 20.0. The van der Waals surface area contributed by atoms with Crippen LogP contribution in [0.3, 0.4) is 0 Å². The van der Waals surface area contributed by atoms with Crippen LogP contribution in [0.2, 0.25) is 0 Å². The number of hydrogen-bond donors (Lipinski definition) is 2. The third-order valence-corrected chi connectivity index (χ3v) is 6.83. The van der Waals surface area contributed by atoms with Crippen LogP contribution in [0.1, 0.15) is 34.6 Å². The van der Waals surface area contributed by atoms with Gasteiger partial charge in [-0.25, -0.2) is 14.7 Å². The Balaban J connectivity index is 1.96. The molecule has 1 aliphatic rings. The summed E-state index contributed by atoms with van der Waals surface area (Å²) in [4.78, 5) is 18.3. The van der Waals surface area contributed by atoms with Gasteiger partial charge in [-0.05, 0) is 46.8 Å². The van der Waals surface area contributed by atoms with Crippen molar-refractivity contribution in [3.8, 4) is 0 Å². The van der Waals surface area contributed by atoms with Gasteiger partial charge < -0.3 is 9.47 Å². The van der Waals surface area contributed by atoms with Crippen LogP contribution in [0, 0.1) is 0 Å². The molecule has 1 fully saturated rings. The molecule has 0 radical (unpaired) electrons. The molecule has 27 heavy (non-hydrogen) atoms. The highest BCUT2D eigenvalue weighted by Gasteiger charge is 2.43. The molecule has 148 valence electrons. The topological polar surface area (TPSA) is 92.1 Å². The molecule has 0 atom stereocenters. The minimum atomic E-state index is -3.35. The fraction of sp³-hybridized carbons (Fsp3) is 0.444. The van der Waals surface area contributed by atoms with Gasteiger partial charge in [-0.2, -0.15) is 0 Å². The van der Waals surface area contributed by atoms with Gasteiger partial charge in [-0.15, -0.1) is 10.6 Å². The second-order valence-electron chi connectivity index (χ2n) is 7.70. The number of amides is 1. The minimum absolute atomic E-state index is 0.0625. The third kappa shape index (κ3) is 4.27. The van der Waals surface area contributed by atoms with E-state index >= 15 is 0 Å². The molecule has 1 amide bonds. The average Bonchev–Trinajstić information content (AvgIpc) is 3.06. The number of nitrogens with zero attached hydrogens (tertiary/aromatic N) is 2. The number of ether oxygens (including phenoxy) is 2. The summed E-state index contributed by atoms with van der Waals surface area (Å²) >= 11 is 1.21. The Morgan fingerprint density at radius 3 is 2.67 bits per heavy atom. The van der Waals surface area contributed by atoms with Gasteiger partial charge in [0.2, 0.25) is 4.34 Å². The number of hydrogen-bond acceptors (Lipinski definition) is 7. The highest BCUT2D eigenvalue weighted by atomic mass is 32.3. The van der Waals surface area contributed by atoms with Crippen molar-refractivity contribution in [2.75, 3.05) is 6.61 Å². The molecular weight excluding hydrogens is 388 g/mol. The number of rotatable bonds is 2. The molecule has 1 aromatic heterocycles.